The highest BCUT2D eigenvalue weighted by atomic mass is 16.5. The molecule has 2 N–H and O–H groups in total. The van der Waals surface area contributed by atoms with Crippen molar-refractivity contribution < 1.29 is 14.3 Å². The Labute approximate surface area is 125 Å². The molecule has 2 rings (SSSR count). The molecule has 1 saturated heterocycles. The second kappa shape index (κ2) is 7.22. The quantitative estimate of drug-likeness (QED) is 0.869. The van der Waals surface area contributed by atoms with Gasteiger partial charge in [-0.2, -0.15) is 0 Å². The molecular weight excluding hydrogens is 268 g/mol. The number of rotatable bonds is 5. The molecule has 0 radical (unpaired) electrons. The van der Waals surface area contributed by atoms with Gasteiger partial charge in [0.25, 0.3) is 0 Å². The van der Waals surface area contributed by atoms with Gasteiger partial charge in [0.05, 0.1) is 6.54 Å². The number of hydrogen-bond acceptors (Lipinski definition) is 3. The van der Waals surface area contributed by atoms with Crippen LogP contribution in [-0.2, 0) is 20.7 Å². The molecule has 0 spiro atoms. The number of amides is 2. The normalized spacial score (nSPS) is 17.5. The van der Waals surface area contributed by atoms with E-state index < -0.39 is 6.10 Å². The zero-order valence-electron chi connectivity index (χ0n) is 12.6. The molecule has 0 aromatic heterocycles. The van der Waals surface area contributed by atoms with Gasteiger partial charge in [0.15, 0.2) is 0 Å². The van der Waals surface area contributed by atoms with Gasteiger partial charge >= 0.3 is 0 Å². The van der Waals surface area contributed by atoms with Gasteiger partial charge in [-0.25, -0.2) is 0 Å². The maximum atomic E-state index is 12.0. The minimum Gasteiger partial charge on any atom is -0.368 e. The van der Waals surface area contributed by atoms with Crippen LogP contribution in [0, 0.1) is 6.92 Å². The van der Waals surface area contributed by atoms with E-state index in [1.807, 2.05) is 32.0 Å². The molecule has 21 heavy (non-hydrogen) atoms. The van der Waals surface area contributed by atoms with Gasteiger partial charge in [0.2, 0.25) is 11.8 Å². The number of carbonyl (C=O) groups is 2. The molecule has 1 unspecified atom stereocenters. The fourth-order valence-corrected chi connectivity index (χ4v) is 2.45. The Hall–Kier alpha value is -1.88. The summed E-state index contributed by atoms with van der Waals surface area (Å²) in [5, 5.41) is 5.51. The summed E-state index contributed by atoms with van der Waals surface area (Å²) in [5.74, 6) is -0.423. The summed E-state index contributed by atoms with van der Waals surface area (Å²) >= 11 is 0. The van der Waals surface area contributed by atoms with Crippen LogP contribution in [0.25, 0.3) is 0 Å². The summed E-state index contributed by atoms with van der Waals surface area (Å²) in [7, 11) is 0. The topological polar surface area (TPSA) is 67.4 Å². The lowest BCUT2D eigenvalue weighted by atomic mass is 10.1. The van der Waals surface area contributed by atoms with Crippen LogP contribution in [0.2, 0.25) is 0 Å². The Kier molecular flexibility index (Phi) is 5.33. The lowest BCUT2D eigenvalue weighted by molar-refractivity contribution is -0.131. The molecule has 1 fully saturated rings. The number of nitrogens with one attached hydrogen (secondary N) is 2. The summed E-state index contributed by atoms with van der Waals surface area (Å²) in [6.07, 6.45) is 2.07. The second-order valence-electron chi connectivity index (χ2n) is 5.23. The van der Waals surface area contributed by atoms with Crippen LogP contribution in [0.1, 0.15) is 30.9 Å². The Morgan fingerprint density at radius 3 is 2.86 bits per heavy atom. The van der Waals surface area contributed by atoms with E-state index in [1.54, 1.807) is 0 Å². The number of aryl methyl sites for hydroxylation is 2. The first-order valence-electron chi connectivity index (χ1n) is 7.39. The fourth-order valence-electron chi connectivity index (χ4n) is 2.45. The highest BCUT2D eigenvalue weighted by Gasteiger charge is 2.23. The summed E-state index contributed by atoms with van der Waals surface area (Å²) in [5.41, 5.74) is 2.96. The van der Waals surface area contributed by atoms with E-state index in [4.69, 9.17) is 4.74 Å². The van der Waals surface area contributed by atoms with Crippen molar-refractivity contribution in [2.24, 2.45) is 0 Å². The van der Waals surface area contributed by atoms with Crippen molar-refractivity contribution in [1.82, 2.24) is 5.32 Å². The first-order chi connectivity index (χ1) is 10.1. The van der Waals surface area contributed by atoms with Crippen molar-refractivity contribution >= 4 is 17.5 Å². The second-order valence-corrected chi connectivity index (χ2v) is 5.23. The van der Waals surface area contributed by atoms with Crippen molar-refractivity contribution in [3.05, 3.63) is 29.3 Å². The summed E-state index contributed by atoms with van der Waals surface area (Å²) in [4.78, 5) is 23.8. The van der Waals surface area contributed by atoms with E-state index in [9.17, 15) is 9.59 Å². The number of anilines is 1. The smallest absolute Gasteiger partial charge is 0.249 e. The Balaban J connectivity index is 1.88. The molecule has 114 valence electrons. The largest absolute Gasteiger partial charge is 0.368 e. The zero-order chi connectivity index (χ0) is 15.2. The lowest BCUT2D eigenvalue weighted by Gasteiger charge is -2.14. The molecule has 1 aliphatic heterocycles. The fraction of sp³-hybridized carbons (Fsp3) is 0.500. The van der Waals surface area contributed by atoms with E-state index in [0.29, 0.717) is 6.61 Å². The van der Waals surface area contributed by atoms with Gasteiger partial charge in [-0.15, -0.1) is 0 Å². The van der Waals surface area contributed by atoms with Crippen molar-refractivity contribution in [1.29, 1.82) is 0 Å². The van der Waals surface area contributed by atoms with Crippen LogP contribution in [-0.4, -0.2) is 31.1 Å². The number of benzene rings is 1. The Bertz CT molecular complexity index is 522. The van der Waals surface area contributed by atoms with Crippen molar-refractivity contribution in [3.8, 4) is 0 Å². The summed E-state index contributed by atoms with van der Waals surface area (Å²) in [6.45, 7) is 4.59. The monoisotopic (exact) mass is 290 g/mol. The predicted octanol–water partition coefficient (Wildman–Crippen LogP) is 1.79. The van der Waals surface area contributed by atoms with Gasteiger partial charge in [-0.1, -0.05) is 25.1 Å². The first-order valence-corrected chi connectivity index (χ1v) is 7.39. The van der Waals surface area contributed by atoms with Crippen molar-refractivity contribution in [2.45, 2.75) is 39.2 Å². The molecule has 0 aliphatic carbocycles. The minimum absolute atomic E-state index is 0.0316. The van der Waals surface area contributed by atoms with Crippen LogP contribution in [0.5, 0.6) is 0 Å². The van der Waals surface area contributed by atoms with Gasteiger partial charge in [-0.3, -0.25) is 9.59 Å². The lowest BCUT2D eigenvalue weighted by Crippen LogP contribution is -2.39. The minimum atomic E-state index is -0.400. The van der Waals surface area contributed by atoms with Crippen LogP contribution < -0.4 is 10.6 Å². The molecule has 1 atom stereocenters. The summed E-state index contributed by atoms with van der Waals surface area (Å²) < 4.78 is 5.28. The molecule has 5 heteroatoms. The molecule has 2 amide bonds. The van der Waals surface area contributed by atoms with Crippen molar-refractivity contribution in [3.63, 3.8) is 0 Å². The average molecular weight is 290 g/mol. The van der Waals surface area contributed by atoms with Crippen molar-refractivity contribution in [2.75, 3.05) is 18.5 Å². The van der Waals surface area contributed by atoms with Gasteiger partial charge in [0, 0.05) is 12.3 Å². The molecule has 5 nitrogen and oxygen atoms in total. The Morgan fingerprint density at radius 1 is 1.38 bits per heavy atom. The van der Waals surface area contributed by atoms with Gasteiger partial charge in [-0.05, 0) is 37.3 Å². The molecule has 1 heterocycles. The molecule has 1 aromatic carbocycles. The van der Waals surface area contributed by atoms with E-state index in [1.165, 1.54) is 0 Å². The highest BCUT2D eigenvalue weighted by Crippen LogP contribution is 2.20. The van der Waals surface area contributed by atoms with Crippen LogP contribution in [0.4, 0.5) is 5.69 Å². The predicted molar refractivity (Wildman–Crippen MR) is 81.2 cm³/mol. The number of carbonyl (C=O) groups excluding carboxylic acids is 2. The summed E-state index contributed by atoms with van der Waals surface area (Å²) in [6, 6.07) is 5.93. The number of hydrogen-bond donors (Lipinski definition) is 2. The molecule has 0 bridgehead atoms. The number of para-hydroxylation sites is 1. The molecular formula is C16H22N2O3. The van der Waals surface area contributed by atoms with E-state index in [-0.39, 0.29) is 18.4 Å². The van der Waals surface area contributed by atoms with Gasteiger partial charge in [0.1, 0.15) is 6.10 Å². The molecule has 1 aromatic rings. The maximum absolute atomic E-state index is 12.0. The van der Waals surface area contributed by atoms with Crippen LogP contribution in [0.15, 0.2) is 18.2 Å². The van der Waals surface area contributed by atoms with Crippen LogP contribution >= 0.6 is 0 Å². The van der Waals surface area contributed by atoms with Crippen LogP contribution in [0.3, 0.4) is 0 Å². The zero-order valence-corrected chi connectivity index (χ0v) is 12.6. The third-order valence-electron chi connectivity index (χ3n) is 3.65. The third kappa shape index (κ3) is 4.04. The highest BCUT2D eigenvalue weighted by molar-refractivity contribution is 5.96. The average Bonchev–Trinajstić information content (AvgIpc) is 3.01. The first kappa shape index (κ1) is 15.5. The van der Waals surface area contributed by atoms with E-state index in [2.05, 4.69) is 10.6 Å². The standard InChI is InChI=1S/C16H22N2O3/c1-3-12-7-4-6-11(2)15(12)18-14(19)10-17-16(20)13-8-5-9-21-13/h4,6-7,13H,3,5,8-10H2,1-2H3,(H,17,20)(H,18,19). The molecule has 0 saturated carbocycles. The van der Waals surface area contributed by atoms with E-state index in [0.717, 1.165) is 36.1 Å². The number of ether oxygens (including phenoxy) is 1. The van der Waals surface area contributed by atoms with E-state index >= 15 is 0 Å². The third-order valence-corrected chi connectivity index (χ3v) is 3.65. The molecule has 1 aliphatic rings. The SMILES string of the molecule is CCc1cccc(C)c1NC(=O)CNC(=O)C1CCCO1. The maximum Gasteiger partial charge on any atom is 0.249 e. The van der Waals surface area contributed by atoms with Gasteiger partial charge < -0.3 is 15.4 Å². The Morgan fingerprint density at radius 2 is 2.19 bits per heavy atom.